The van der Waals surface area contributed by atoms with Crippen LogP contribution in [0.15, 0.2) is 0 Å². The van der Waals surface area contributed by atoms with Crippen LogP contribution in [-0.2, 0) is 9.53 Å². The van der Waals surface area contributed by atoms with Gasteiger partial charge in [-0.05, 0) is 25.7 Å². The highest BCUT2D eigenvalue weighted by atomic mass is 19.4. The maximum absolute atomic E-state index is 13.2. The van der Waals surface area contributed by atoms with Crippen molar-refractivity contribution in [1.29, 1.82) is 0 Å². The van der Waals surface area contributed by atoms with Crippen molar-refractivity contribution in [3.8, 4) is 0 Å². The van der Waals surface area contributed by atoms with Crippen molar-refractivity contribution < 1.29 is 72.4 Å². The lowest BCUT2D eigenvalue weighted by atomic mass is 9.65. The summed E-state index contributed by atoms with van der Waals surface area (Å²) in [5.74, 6) is -8.00. The van der Waals surface area contributed by atoms with Crippen molar-refractivity contribution in [3.05, 3.63) is 0 Å². The second kappa shape index (κ2) is 8.72. The molecule has 0 aromatic rings. The second-order valence-corrected chi connectivity index (χ2v) is 7.49. The molecule has 1 fully saturated rings. The van der Waals surface area contributed by atoms with Crippen LogP contribution in [0.5, 0.6) is 0 Å². The summed E-state index contributed by atoms with van der Waals surface area (Å²) in [5.41, 5.74) is -11.5. The first-order chi connectivity index (χ1) is 14.0. The van der Waals surface area contributed by atoms with Crippen LogP contribution in [0.2, 0.25) is 0 Å². The van der Waals surface area contributed by atoms with E-state index in [0.717, 1.165) is 0 Å². The summed E-state index contributed by atoms with van der Waals surface area (Å²) in [6.07, 6.45) is -34.3. The van der Waals surface area contributed by atoms with E-state index in [9.17, 15) is 67.7 Å². The Labute approximate surface area is 172 Å². The molecule has 0 aromatic heterocycles. The molecule has 2 N–H and O–H groups in total. The van der Waals surface area contributed by atoms with Gasteiger partial charge in [-0.25, -0.2) is 0 Å². The molecule has 0 radical (unpaired) electrons. The van der Waals surface area contributed by atoms with Gasteiger partial charge in [0, 0.05) is 18.3 Å². The van der Waals surface area contributed by atoms with Crippen LogP contribution in [-0.4, -0.2) is 58.2 Å². The first-order valence-corrected chi connectivity index (χ1v) is 8.95. The number of esters is 1. The lowest BCUT2D eigenvalue weighted by molar-refractivity contribution is -0.405. The van der Waals surface area contributed by atoms with Crippen LogP contribution >= 0.6 is 0 Å². The Morgan fingerprint density at radius 1 is 0.719 bits per heavy atom. The predicted octanol–water partition coefficient (Wildman–Crippen LogP) is 4.83. The summed E-state index contributed by atoms with van der Waals surface area (Å²) in [4.78, 5) is 11.6. The Bertz CT molecular complexity index is 590. The van der Waals surface area contributed by atoms with Crippen molar-refractivity contribution in [1.82, 2.24) is 0 Å². The topological polar surface area (TPSA) is 66.8 Å². The van der Waals surface area contributed by atoms with Gasteiger partial charge < -0.3 is 14.9 Å². The van der Waals surface area contributed by atoms with Crippen LogP contribution in [0.3, 0.4) is 0 Å². The van der Waals surface area contributed by atoms with Crippen LogP contribution < -0.4 is 0 Å². The molecule has 0 spiro atoms. The molecule has 0 aromatic carbocycles. The minimum atomic E-state index is -6.57. The molecular formula is C16H18F12O4. The Kier molecular flexibility index (Phi) is 7.79. The van der Waals surface area contributed by atoms with Gasteiger partial charge in [0.15, 0.2) is 0 Å². The zero-order valence-corrected chi connectivity index (χ0v) is 16.0. The molecule has 0 saturated heterocycles. The number of halogens is 12. The van der Waals surface area contributed by atoms with Crippen LogP contribution in [0, 0.1) is 11.8 Å². The molecule has 16 heteroatoms. The molecule has 190 valence electrons. The van der Waals surface area contributed by atoms with E-state index < -0.39 is 85.5 Å². The van der Waals surface area contributed by atoms with Crippen molar-refractivity contribution in [3.63, 3.8) is 0 Å². The van der Waals surface area contributed by atoms with Crippen LogP contribution in [0.25, 0.3) is 0 Å². The molecule has 2 unspecified atom stereocenters. The number of alkyl halides is 12. The third-order valence-electron chi connectivity index (χ3n) is 5.33. The molecule has 0 bridgehead atoms. The molecule has 1 aliphatic carbocycles. The van der Waals surface area contributed by atoms with Crippen molar-refractivity contribution in [2.24, 2.45) is 11.8 Å². The predicted molar refractivity (Wildman–Crippen MR) is 79.7 cm³/mol. The van der Waals surface area contributed by atoms with Crippen LogP contribution in [0.1, 0.15) is 39.0 Å². The first kappa shape index (κ1) is 28.6. The van der Waals surface area contributed by atoms with Gasteiger partial charge in [-0.1, -0.05) is 6.92 Å². The molecule has 0 heterocycles. The number of hydrogen-bond acceptors (Lipinski definition) is 4. The van der Waals surface area contributed by atoms with E-state index in [1.165, 1.54) is 6.92 Å². The standard InChI is InChI=1S/C16H18F12O4/c1-2-3-10(29)32-9-5-7(11(30,13(17,18)19)14(20,21)22)4-8(6-9)12(31,15(23,24)25)16(26,27)28/h7-9,30-31H,2-6H2,1H3. The van der Waals surface area contributed by atoms with Gasteiger partial charge in [-0.15, -0.1) is 0 Å². The number of aliphatic hydroxyl groups is 2. The van der Waals surface area contributed by atoms with Crippen molar-refractivity contribution in [2.75, 3.05) is 0 Å². The Morgan fingerprint density at radius 3 is 1.28 bits per heavy atom. The fourth-order valence-corrected chi connectivity index (χ4v) is 3.74. The number of carbonyl (C=O) groups excluding carboxylic acids is 1. The number of carbonyl (C=O) groups is 1. The van der Waals surface area contributed by atoms with Gasteiger partial charge in [0.1, 0.15) is 6.10 Å². The average Bonchev–Trinajstić information content (AvgIpc) is 2.56. The highest BCUT2D eigenvalue weighted by Crippen LogP contribution is 2.57. The van der Waals surface area contributed by atoms with Gasteiger partial charge in [0.25, 0.3) is 11.2 Å². The molecule has 1 rings (SSSR count). The van der Waals surface area contributed by atoms with Gasteiger partial charge in [0.05, 0.1) is 0 Å². The highest BCUT2D eigenvalue weighted by molar-refractivity contribution is 5.69. The Hall–Kier alpha value is -1.45. The third kappa shape index (κ3) is 5.04. The molecule has 1 aliphatic rings. The molecule has 4 nitrogen and oxygen atoms in total. The lowest BCUT2D eigenvalue weighted by Gasteiger charge is -2.48. The summed E-state index contributed by atoms with van der Waals surface area (Å²) < 4.78 is 163. The van der Waals surface area contributed by atoms with E-state index in [-0.39, 0.29) is 6.42 Å². The van der Waals surface area contributed by atoms with Crippen LogP contribution in [0.4, 0.5) is 52.7 Å². The van der Waals surface area contributed by atoms with Gasteiger partial charge in [-0.3, -0.25) is 4.79 Å². The quantitative estimate of drug-likeness (QED) is 0.418. The molecule has 2 atom stereocenters. The first-order valence-electron chi connectivity index (χ1n) is 8.95. The highest BCUT2D eigenvalue weighted by Gasteiger charge is 2.78. The average molecular weight is 502 g/mol. The summed E-state index contributed by atoms with van der Waals surface area (Å²) in [5, 5.41) is 19.0. The molecular weight excluding hydrogens is 484 g/mol. The number of rotatable bonds is 5. The zero-order chi connectivity index (χ0) is 25.6. The smallest absolute Gasteiger partial charge is 0.426 e. The molecule has 0 aliphatic heterocycles. The monoisotopic (exact) mass is 502 g/mol. The second-order valence-electron chi connectivity index (χ2n) is 7.49. The van der Waals surface area contributed by atoms with E-state index in [4.69, 9.17) is 0 Å². The number of ether oxygens (including phenoxy) is 1. The van der Waals surface area contributed by atoms with E-state index >= 15 is 0 Å². The lowest BCUT2D eigenvalue weighted by Crippen LogP contribution is -2.67. The minimum Gasteiger partial charge on any atom is -0.462 e. The van der Waals surface area contributed by atoms with E-state index in [2.05, 4.69) is 4.74 Å². The summed E-state index contributed by atoms with van der Waals surface area (Å²) >= 11 is 0. The Morgan fingerprint density at radius 2 is 1.03 bits per heavy atom. The third-order valence-corrected chi connectivity index (χ3v) is 5.33. The maximum atomic E-state index is 13.2. The summed E-state index contributed by atoms with van der Waals surface area (Å²) in [7, 11) is 0. The summed E-state index contributed by atoms with van der Waals surface area (Å²) in [6.45, 7) is 1.38. The fraction of sp³-hybridized carbons (Fsp3) is 0.938. The number of hydrogen-bond donors (Lipinski definition) is 2. The SMILES string of the molecule is CCCC(=O)OC1CC(C(O)(C(F)(F)F)C(F)(F)F)CC(C(O)(C(F)(F)F)C(F)(F)F)C1. The van der Waals surface area contributed by atoms with Gasteiger partial charge >= 0.3 is 30.7 Å². The van der Waals surface area contributed by atoms with E-state index in [0.29, 0.717) is 0 Å². The summed E-state index contributed by atoms with van der Waals surface area (Å²) in [6, 6.07) is 0. The molecule has 0 amide bonds. The van der Waals surface area contributed by atoms with Gasteiger partial charge in [-0.2, -0.15) is 52.7 Å². The minimum absolute atomic E-state index is 0.0302. The maximum Gasteiger partial charge on any atom is 0.426 e. The van der Waals surface area contributed by atoms with Crippen molar-refractivity contribution in [2.45, 2.75) is 81.0 Å². The van der Waals surface area contributed by atoms with Gasteiger partial charge in [0.2, 0.25) is 0 Å². The molecule has 32 heavy (non-hydrogen) atoms. The zero-order valence-electron chi connectivity index (χ0n) is 16.0. The normalized spacial score (nSPS) is 24.4. The van der Waals surface area contributed by atoms with E-state index in [1.807, 2.05) is 0 Å². The van der Waals surface area contributed by atoms with Crippen molar-refractivity contribution >= 4 is 5.97 Å². The molecule has 1 saturated carbocycles. The Balaban J connectivity index is 3.62. The van der Waals surface area contributed by atoms with E-state index in [1.54, 1.807) is 0 Å². The fourth-order valence-electron chi connectivity index (χ4n) is 3.74. The largest absolute Gasteiger partial charge is 0.462 e.